The van der Waals surface area contributed by atoms with E-state index in [1.807, 2.05) is 42.3 Å². The highest BCUT2D eigenvalue weighted by Crippen LogP contribution is 2.30. The first-order valence-corrected chi connectivity index (χ1v) is 9.99. The topological polar surface area (TPSA) is 52.7 Å². The van der Waals surface area contributed by atoms with E-state index >= 15 is 0 Å². The van der Waals surface area contributed by atoms with E-state index < -0.39 is 0 Å². The number of fused-ring (bicyclic) bond motifs is 2. The van der Waals surface area contributed by atoms with Crippen molar-refractivity contribution in [2.75, 3.05) is 19.0 Å². The van der Waals surface area contributed by atoms with Gasteiger partial charge < -0.3 is 15.1 Å². The van der Waals surface area contributed by atoms with Gasteiger partial charge in [-0.2, -0.15) is 0 Å². The van der Waals surface area contributed by atoms with Crippen molar-refractivity contribution in [1.29, 1.82) is 0 Å². The van der Waals surface area contributed by atoms with Crippen LogP contribution in [0.15, 0.2) is 54.6 Å². The number of carbonyl (C=O) groups is 2. The number of benzene rings is 2. The van der Waals surface area contributed by atoms with Gasteiger partial charge in [0, 0.05) is 49.0 Å². The monoisotopic (exact) mass is 377 g/mol. The fourth-order valence-electron chi connectivity index (χ4n) is 4.46. The van der Waals surface area contributed by atoms with Crippen LogP contribution in [-0.2, 0) is 0 Å². The molecule has 2 amide bonds. The molecule has 28 heavy (non-hydrogen) atoms. The Morgan fingerprint density at radius 1 is 0.857 bits per heavy atom. The van der Waals surface area contributed by atoms with Gasteiger partial charge in [-0.15, -0.1) is 0 Å². The molecule has 2 bridgehead atoms. The van der Waals surface area contributed by atoms with E-state index in [1.165, 1.54) is 12.8 Å². The van der Waals surface area contributed by atoms with E-state index in [9.17, 15) is 9.59 Å². The molecule has 4 rings (SSSR count). The van der Waals surface area contributed by atoms with E-state index in [1.54, 1.807) is 36.2 Å². The molecule has 5 nitrogen and oxygen atoms in total. The molecule has 2 saturated heterocycles. The van der Waals surface area contributed by atoms with Crippen molar-refractivity contribution in [3.63, 3.8) is 0 Å². The van der Waals surface area contributed by atoms with Gasteiger partial charge in [0.2, 0.25) is 0 Å². The average molecular weight is 377 g/mol. The van der Waals surface area contributed by atoms with Crippen LogP contribution in [0.2, 0.25) is 0 Å². The molecule has 0 radical (unpaired) electrons. The number of nitrogens with one attached hydrogen (secondary N) is 1. The quantitative estimate of drug-likeness (QED) is 0.889. The fraction of sp³-hybridized carbons (Fsp3) is 0.391. The van der Waals surface area contributed by atoms with E-state index in [4.69, 9.17) is 0 Å². The summed E-state index contributed by atoms with van der Waals surface area (Å²) in [4.78, 5) is 29.4. The Morgan fingerprint density at radius 2 is 1.46 bits per heavy atom. The normalized spacial score (nSPS) is 23.3. The molecule has 2 heterocycles. The number of nitrogens with zero attached hydrogens (tertiary/aromatic N) is 2. The lowest BCUT2D eigenvalue weighted by Gasteiger charge is -2.35. The molecular formula is C23H27N3O2. The van der Waals surface area contributed by atoms with Crippen LogP contribution < -0.4 is 10.2 Å². The standard InChI is InChI=1S/C23H27N3O2/c1-25(20-9-4-3-5-10-20)22(27)16-7-6-8-17(13-16)23(28)26(2)21-14-18-11-12-19(15-21)24-18/h3-10,13,18-19,21,24H,11-12,14-15H2,1-2H3. The minimum atomic E-state index is -0.122. The molecule has 2 aromatic carbocycles. The largest absolute Gasteiger partial charge is 0.339 e. The first-order chi connectivity index (χ1) is 13.5. The number of rotatable bonds is 4. The second-order valence-corrected chi connectivity index (χ2v) is 7.96. The van der Waals surface area contributed by atoms with Crippen molar-refractivity contribution >= 4 is 17.5 Å². The van der Waals surface area contributed by atoms with Crippen LogP contribution in [0.25, 0.3) is 0 Å². The Bertz CT molecular complexity index is 855. The minimum absolute atomic E-state index is 0.0108. The van der Waals surface area contributed by atoms with Gasteiger partial charge in [-0.05, 0) is 56.0 Å². The van der Waals surface area contributed by atoms with Crippen LogP contribution in [0.5, 0.6) is 0 Å². The molecular weight excluding hydrogens is 350 g/mol. The molecule has 2 fully saturated rings. The van der Waals surface area contributed by atoms with Crippen LogP contribution in [0.3, 0.4) is 0 Å². The predicted molar refractivity (Wildman–Crippen MR) is 111 cm³/mol. The Balaban J connectivity index is 1.50. The third kappa shape index (κ3) is 3.67. The molecule has 2 unspecified atom stereocenters. The van der Waals surface area contributed by atoms with Crippen LogP contribution in [0.4, 0.5) is 5.69 Å². The molecule has 0 aromatic heterocycles. The third-order valence-electron chi connectivity index (χ3n) is 6.12. The van der Waals surface area contributed by atoms with Crippen molar-refractivity contribution in [3.8, 4) is 0 Å². The van der Waals surface area contributed by atoms with Crippen LogP contribution in [0.1, 0.15) is 46.4 Å². The molecule has 0 saturated carbocycles. The average Bonchev–Trinajstić information content (AvgIpc) is 3.09. The van der Waals surface area contributed by atoms with Gasteiger partial charge in [0.05, 0.1) is 0 Å². The molecule has 2 aliphatic rings. The minimum Gasteiger partial charge on any atom is -0.339 e. The fourth-order valence-corrected chi connectivity index (χ4v) is 4.46. The zero-order valence-corrected chi connectivity index (χ0v) is 16.5. The van der Waals surface area contributed by atoms with Gasteiger partial charge in [0.1, 0.15) is 0 Å². The number of hydrogen-bond donors (Lipinski definition) is 1. The Morgan fingerprint density at radius 3 is 2.11 bits per heavy atom. The second kappa shape index (κ2) is 7.76. The summed E-state index contributed by atoms with van der Waals surface area (Å²) in [6.07, 6.45) is 4.43. The summed E-state index contributed by atoms with van der Waals surface area (Å²) in [5, 5.41) is 3.62. The second-order valence-electron chi connectivity index (χ2n) is 7.96. The molecule has 0 aliphatic carbocycles. The summed E-state index contributed by atoms with van der Waals surface area (Å²) in [5.41, 5.74) is 1.92. The van der Waals surface area contributed by atoms with Crippen LogP contribution in [-0.4, -0.2) is 48.9 Å². The number of carbonyl (C=O) groups excluding carboxylic acids is 2. The summed E-state index contributed by atoms with van der Waals surface area (Å²) >= 11 is 0. The van der Waals surface area contributed by atoms with Gasteiger partial charge >= 0.3 is 0 Å². The highest BCUT2D eigenvalue weighted by atomic mass is 16.2. The van der Waals surface area contributed by atoms with Gasteiger partial charge in [0.15, 0.2) is 0 Å². The van der Waals surface area contributed by atoms with Gasteiger partial charge in [-0.3, -0.25) is 9.59 Å². The molecule has 0 spiro atoms. The lowest BCUT2D eigenvalue weighted by Crippen LogP contribution is -2.48. The maximum atomic E-state index is 13.1. The number of hydrogen-bond acceptors (Lipinski definition) is 3. The zero-order valence-electron chi connectivity index (χ0n) is 16.5. The van der Waals surface area contributed by atoms with Crippen LogP contribution >= 0.6 is 0 Å². The summed E-state index contributed by atoms with van der Waals surface area (Å²) in [6.45, 7) is 0. The molecule has 146 valence electrons. The molecule has 2 aliphatic heterocycles. The Labute approximate surface area is 166 Å². The predicted octanol–water partition coefficient (Wildman–Crippen LogP) is 3.32. The molecule has 2 atom stereocenters. The third-order valence-corrected chi connectivity index (χ3v) is 6.12. The van der Waals surface area contributed by atoms with Gasteiger partial charge in [0.25, 0.3) is 11.8 Å². The van der Waals surface area contributed by atoms with Crippen molar-refractivity contribution < 1.29 is 9.59 Å². The van der Waals surface area contributed by atoms with E-state index in [0.717, 1.165) is 18.5 Å². The van der Waals surface area contributed by atoms with Gasteiger partial charge in [-0.25, -0.2) is 0 Å². The zero-order chi connectivity index (χ0) is 19.7. The lowest BCUT2D eigenvalue weighted by atomic mass is 9.97. The van der Waals surface area contributed by atoms with Crippen LogP contribution in [0, 0.1) is 0 Å². The van der Waals surface area contributed by atoms with Crippen molar-refractivity contribution in [2.45, 2.75) is 43.8 Å². The molecule has 2 aromatic rings. The molecule has 5 heteroatoms. The summed E-state index contributed by atoms with van der Waals surface area (Å²) in [5.74, 6) is -0.133. The summed E-state index contributed by atoms with van der Waals surface area (Å²) < 4.78 is 0. The Kier molecular flexibility index (Phi) is 5.18. The first-order valence-electron chi connectivity index (χ1n) is 9.99. The first kappa shape index (κ1) is 18.7. The van der Waals surface area contributed by atoms with Crippen molar-refractivity contribution in [3.05, 3.63) is 65.7 Å². The number of piperidine rings is 1. The summed E-state index contributed by atoms with van der Waals surface area (Å²) in [7, 11) is 3.64. The maximum Gasteiger partial charge on any atom is 0.258 e. The van der Waals surface area contributed by atoms with E-state index in [0.29, 0.717) is 23.2 Å². The highest BCUT2D eigenvalue weighted by Gasteiger charge is 2.36. The number of para-hydroxylation sites is 1. The van der Waals surface area contributed by atoms with Gasteiger partial charge in [-0.1, -0.05) is 24.3 Å². The SMILES string of the molecule is CN(C(=O)c1cccc(C(=O)N(C)C2CC3CCC(C2)N3)c1)c1ccccc1. The van der Waals surface area contributed by atoms with Crippen molar-refractivity contribution in [2.24, 2.45) is 0 Å². The Hall–Kier alpha value is -2.66. The van der Waals surface area contributed by atoms with E-state index in [-0.39, 0.29) is 17.9 Å². The lowest BCUT2D eigenvalue weighted by molar-refractivity contribution is 0.0681. The highest BCUT2D eigenvalue weighted by molar-refractivity contribution is 6.07. The molecule has 1 N–H and O–H groups in total. The number of amides is 2. The summed E-state index contributed by atoms with van der Waals surface area (Å²) in [6, 6.07) is 17.9. The smallest absolute Gasteiger partial charge is 0.258 e. The van der Waals surface area contributed by atoms with Crippen molar-refractivity contribution in [1.82, 2.24) is 10.2 Å². The number of anilines is 1. The van der Waals surface area contributed by atoms with E-state index in [2.05, 4.69) is 5.32 Å². The maximum absolute atomic E-state index is 13.1.